The van der Waals surface area contributed by atoms with Crippen molar-refractivity contribution in [2.24, 2.45) is 0 Å². The predicted octanol–water partition coefficient (Wildman–Crippen LogP) is 3.52. The average Bonchev–Trinajstić information content (AvgIpc) is 2.07. The molecule has 1 aromatic rings. The van der Waals surface area contributed by atoms with Gasteiger partial charge in [0.05, 0.1) is 7.22 Å². The molecule has 0 aliphatic rings. The molecule has 0 aliphatic carbocycles. The first-order valence-corrected chi connectivity index (χ1v) is 5.26. The Kier molecular flexibility index (Phi) is 2.94. The molecule has 1 aromatic heterocycles. The molecule has 0 atom stereocenters. The summed E-state index contributed by atoms with van der Waals surface area (Å²) in [7, 11) is 0. The molecule has 0 N–H and O–H groups in total. The summed E-state index contributed by atoms with van der Waals surface area (Å²) in [5.41, 5.74) is 1.69. The van der Waals surface area contributed by atoms with Crippen LogP contribution in [0.25, 0.3) is 0 Å². The van der Waals surface area contributed by atoms with Gasteiger partial charge in [0.2, 0.25) is 0 Å². The fourth-order valence-corrected chi connectivity index (χ4v) is 3.83. The quantitative estimate of drug-likeness (QED) is 0.573. The van der Waals surface area contributed by atoms with E-state index < -0.39 is 0 Å². The van der Waals surface area contributed by atoms with E-state index in [-0.39, 0.29) is 5.78 Å². The molecular formula is C7H6ClIOS. The lowest BCUT2D eigenvalue weighted by Gasteiger charge is -1.92. The second kappa shape index (κ2) is 3.41. The van der Waals surface area contributed by atoms with E-state index in [2.05, 4.69) is 22.6 Å². The van der Waals surface area contributed by atoms with Crippen molar-refractivity contribution in [3.8, 4) is 0 Å². The Labute approximate surface area is 87.9 Å². The van der Waals surface area contributed by atoms with Gasteiger partial charge in [-0.15, -0.1) is 11.3 Å². The minimum atomic E-state index is 0.0926. The standard InChI is InChI=1S/C7H6ClIOS/c1-3-5(4(2)10)7(9)11-6(3)8/h1-2H3. The zero-order valence-electron chi connectivity index (χ0n) is 6.07. The molecule has 0 saturated carbocycles. The van der Waals surface area contributed by atoms with Crippen molar-refractivity contribution in [3.05, 3.63) is 18.3 Å². The van der Waals surface area contributed by atoms with Crippen LogP contribution in [-0.4, -0.2) is 5.78 Å². The smallest absolute Gasteiger partial charge is 0.162 e. The summed E-state index contributed by atoms with van der Waals surface area (Å²) < 4.78 is 1.71. The molecule has 4 heteroatoms. The van der Waals surface area contributed by atoms with E-state index >= 15 is 0 Å². The molecule has 11 heavy (non-hydrogen) atoms. The van der Waals surface area contributed by atoms with Gasteiger partial charge in [-0.1, -0.05) is 11.6 Å². The van der Waals surface area contributed by atoms with Crippen LogP contribution < -0.4 is 0 Å². The molecule has 0 aliphatic heterocycles. The van der Waals surface area contributed by atoms with Crippen molar-refractivity contribution < 1.29 is 4.79 Å². The maximum Gasteiger partial charge on any atom is 0.162 e. The fraction of sp³-hybridized carbons (Fsp3) is 0.286. The zero-order chi connectivity index (χ0) is 8.59. The zero-order valence-corrected chi connectivity index (χ0v) is 9.80. The monoisotopic (exact) mass is 300 g/mol. The summed E-state index contributed by atoms with van der Waals surface area (Å²) in [4.78, 5) is 11.0. The first kappa shape index (κ1) is 9.48. The minimum absolute atomic E-state index is 0.0926. The molecule has 0 aromatic carbocycles. The van der Waals surface area contributed by atoms with Crippen LogP contribution in [0.5, 0.6) is 0 Å². The number of halogens is 2. The van der Waals surface area contributed by atoms with E-state index in [1.807, 2.05) is 6.92 Å². The number of Topliss-reactive ketones (excluding diaryl/α,β-unsaturated/α-hetero) is 1. The van der Waals surface area contributed by atoms with Crippen molar-refractivity contribution in [3.63, 3.8) is 0 Å². The van der Waals surface area contributed by atoms with Crippen LogP contribution in [0.2, 0.25) is 4.34 Å². The Bertz CT molecular complexity index is 306. The molecular weight excluding hydrogens is 295 g/mol. The number of rotatable bonds is 1. The van der Waals surface area contributed by atoms with Gasteiger partial charge in [-0.05, 0) is 42.0 Å². The summed E-state index contributed by atoms with van der Waals surface area (Å²) in [5.74, 6) is 0.0926. The minimum Gasteiger partial charge on any atom is -0.294 e. The van der Waals surface area contributed by atoms with Gasteiger partial charge in [0, 0.05) is 5.56 Å². The lowest BCUT2D eigenvalue weighted by molar-refractivity contribution is 0.101. The van der Waals surface area contributed by atoms with Crippen LogP contribution in [-0.2, 0) is 0 Å². The molecule has 1 heterocycles. The average molecular weight is 301 g/mol. The molecule has 0 radical (unpaired) electrons. The Morgan fingerprint density at radius 2 is 2.18 bits per heavy atom. The van der Waals surface area contributed by atoms with Gasteiger partial charge in [0.15, 0.2) is 5.78 Å². The topological polar surface area (TPSA) is 17.1 Å². The molecule has 0 unspecified atom stereocenters. The number of carbonyl (C=O) groups is 1. The van der Waals surface area contributed by atoms with Crippen molar-refractivity contribution >= 4 is 51.3 Å². The third-order valence-corrected chi connectivity index (χ3v) is 3.98. The fourth-order valence-electron chi connectivity index (χ4n) is 0.854. The number of hydrogen-bond donors (Lipinski definition) is 0. The second-order valence-electron chi connectivity index (χ2n) is 2.21. The molecule has 0 fully saturated rings. The second-order valence-corrected chi connectivity index (χ2v) is 5.64. The lowest BCUT2D eigenvalue weighted by Crippen LogP contribution is -1.93. The van der Waals surface area contributed by atoms with E-state index in [4.69, 9.17) is 11.6 Å². The highest BCUT2D eigenvalue weighted by atomic mass is 127. The number of ketones is 1. The Morgan fingerprint density at radius 1 is 1.64 bits per heavy atom. The Hall–Kier alpha value is 0.390. The predicted molar refractivity (Wildman–Crippen MR) is 56.8 cm³/mol. The van der Waals surface area contributed by atoms with Gasteiger partial charge < -0.3 is 0 Å². The summed E-state index contributed by atoms with van der Waals surface area (Å²) in [5, 5.41) is 0. The normalized spacial score (nSPS) is 10.2. The van der Waals surface area contributed by atoms with Gasteiger partial charge >= 0.3 is 0 Å². The molecule has 0 saturated heterocycles. The van der Waals surface area contributed by atoms with Gasteiger partial charge in [-0.25, -0.2) is 0 Å². The molecule has 60 valence electrons. The van der Waals surface area contributed by atoms with Crippen LogP contribution in [0.15, 0.2) is 0 Å². The first-order valence-electron chi connectivity index (χ1n) is 2.99. The Morgan fingerprint density at radius 3 is 2.36 bits per heavy atom. The number of thiophene rings is 1. The number of hydrogen-bond acceptors (Lipinski definition) is 2. The van der Waals surface area contributed by atoms with E-state index in [1.165, 1.54) is 11.3 Å². The SMILES string of the molecule is CC(=O)c1c(I)sc(Cl)c1C. The van der Waals surface area contributed by atoms with Crippen molar-refractivity contribution in [2.45, 2.75) is 13.8 Å². The molecule has 1 nitrogen and oxygen atoms in total. The number of carbonyl (C=O) groups excluding carboxylic acids is 1. The highest BCUT2D eigenvalue weighted by molar-refractivity contribution is 14.1. The van der Waals surface area contributed by atoms with Gasteiger partial charge in [-0.3, -0.25) is 4.79 Å². The molecule has 1 rings (SSSR count). The Balaban J connectivity index is 3.34. The van der Waals surface area contributed by atoms with E-state index in [9.17, 15) is 4.79 Å². The van der Waals surface area contributed by atoms with Crippen LogP contribution in [0, 0.1) is 9.81 Å². The van der Waals surface area contributed by atoms with Crippen molar-refractivity contribution in [1.29, 1.82) is 0 Å². The van der Waals surface area contributed by atoms with Crippen LogP contribution in [0.1, 0.15) is 22.8 Å². The van der Waals surface area contributed by atoms with Crippen LogP contribution in [0.4, 0.5) is 0 Å². The summed E-state index contributed by atoms with van der Waals surface area (Å²) in [6.45, 7) is 3.44. The third kappa shape index (κ3) is 1.76. The van der Waals surface area contributed by atoms with E-state index in [0.717, 1.165) is 18.3 Å². The molecule has 0 bridgehead atoms. The van der Waals surface area contributed by atoms with Gasteiger partial charge in [-0.2, -0.15) is 0 Å². The van der Waals surface area contributed by atoms with Crippen LogP contribution in [0.3, 0.4) is 0 Å². The van der Waals surface area contributed by atoms with E-state index in [1.54, 1.807) is 6.92 Å². The lowest BCUT2D eigenvalue weighted by atomic mass is 10.2. The van der Waals surface area contributed by atoms with Crippen LogP contribution >= 0.6 is 45.5 Å². The molecule has 0 spiro atoms. The maximum atomic E-state index is 11.0. The van der Waals surface area contributed by atoms with Crippen molar-refractivity contribution in [1.82, 2.24) is 0 Å². The molecule has 0 amide bonds. The maximum absolute atomic E-state index is 11.0. The summed E-state index contributed by atoms with van der Waals surface area (Å²) >= 11 is 9.43. The summed E-state index contributed by atoms with van der Waals surface area (Å²) in [6.07, 6.45) is 0. The largest absolute Gasteiger partial charge is 0.294 e. The van der Waals surface area contributed by atoms with Gasteiger partial charge in [0.25, 0.3) is 0 Å². The highest BCUT2D eigenvalue weighted by Crippen LogP contribution is 2.33. The summed E-state index contributed by atoms with van der Waals surface area (Å²) in [6, 6.07) is 0. The first-order chi connectivity index (χ1) is 5.04. The van der Waals surface area contributed by atoms with E-state index in [0.29, 0.717) is 0 Å². The van der Waals surface area contributed by atoms with Gasteiger partial charge in [0.1, 0.15) is 0 Å². The third-order valence-electron chi connectivity index (χ3n) is 1.40. The highest BCUT2D eigenvalue weighted by Gasteiger charge is 2.14. The van der Waals surface area contributed by atoms with Crippen molar-refractivity contribution in [2.75, 3.05) is 0 Å².